The molecule has 4 atom stereocenters. The molecule has 2 saturated carbocycles. The minimum atomic E-state index is -3.99. The lowest BCUT2D eigenvalue weighted by Crippen LogP contribution is -2.51. The molecule has 0 radical (unpaired) electrons. The molecule has 0 aromatic heterocycles. The number of halogens is 4. The molecule has 2 aromatic rings. The molecule has 1 heterocycles. The smallest absolute Gasteiger partial charge is 0.255 e. The Kier molecular flexibility index (Phi) is 6.79. The Morgan fingerprint density at radius 1 is 1.05 bits per heavy atom. The molecule has 2 aromatic carbocycles. The Morgan fingerprint density at radius 3 is 2.18 bits per heavy atom. The summed E-state index contributed by atoms with van der Waals surface area (Å²) in [5, 5.41) is 1.43. The summed E-state index contributed by atoms with van der Waals surface area (Å²) in [5.41, 5.74) is -1.83. The summed E-state index contributed by atoms with van der Waals surface area (Å²) in [4.78, 5) is 26.5. The third-order valence-corrected chi connectivity index (χ3v) is 11.1. The highest BCUT2D eigenvalue weighted by molar-refractivity contribution is 7.92. The topological polar surface area (TPSA) is 92.8 Å². The van der Waals surface area contributed by atoms with Crippen molar-refractivity contribution in [2.24, 2.45) is 11.8 Å². The van der Waals surface area contributed by atoms with E-state index in [4.69, 9.17) is 16.3 Å². The maximum atomic E-state index is 13.8. The average molecular weight is 585 g/mol. The van der Waals surface area contributed by atoms with Gasteiger partial charge in [0.2, 0.25) is 5.91 Å². The molecule has 7 nitrogen and oxygen atoms in total. The molecular formula is C27H28ClF3N2O5S. The summed E-state index contributed by atoms with van der Waals surface area (Å²) >= 11 is 6.30. The fourth-order valence-corrected chi connectivity index (χ4v) is 9.02. The number of anilines is 1. The van der Waals surface area contributed by atoms with Gasteiger partial charge < -0.3 is 15.0 Å². The van der Waals surface area contributed by atoms with Crippen molar-refractivity contribution in [3.05, 3.63) is 58.4 Å². The van der Waals surface area contributed by atoms with Crippen molar-refractivity contribution in [2.75, 3.05) is 11.9 Å². The van der Waals surface area contributed by atoms with E-state index in [0.717, 1.165) is 18.9 Å². The van der Waals surface area contributed by atoms with Crippen molar-refractivity contribution < 1.29 is 35.9 Å². The number of hydrogen-bond donors (Lipinski definition) is 1. The third kappa shape index (κ3) is 4.62. The highest BCUT2D eigenvalue weighted by atomic mass is 35.5. The van der Waals surface area contributed by atoms with Crippen LogP contribution in [-0.2, 0) is 19.4 Å². The molecule has 2 aliphatic carbocycles. The lowest BCUT2D eigenvalue weighted by atomic mass is 9.74. The molecule has 1 saturated heterocycles. The van der Waals surface area contributed by atoms with E-state index in [9.17, 15) is 31.2 Å². The molecule has 1 spiro atoms. The van der Waals surface area contributed by atoms with Gasteiger partial charge in [-0.05, 0) is 69.6 Å². The Morgan fingerprint density at radius 2 is 1.64 bits per heavy atom. The number of sulfone groups is 1. The van der Waals surface area contributed by atoms with Crippen molar-refractivity contribution in [1.82, 2.24) is 4.90 Å². The van der Waals surface area contributed by atoms with Crippen molar-refractivity contribution in [3.63, 3.8) is 0 Å². The van der Waals surface area contributed by atoms with E-state index in [1.807, 2.05) is 13.8 Å². The maximum absolute atomic E-state index is 13.8. The minimum absolute atomic E-state index is 0.0564. The van der Waals surface area contributed by atoms with Crippen LogP contribution in [-0.4, -0.2) is 48.3 Å². The molecule has 1 unspecified atom stereocenters. The summed E-state index contributed by atoms with van der Waals surface area (Å²) in [5.74, 6) is -5.72. The Hall–Kier alpha value is -2.63. The Balaban J connectivity index is 1.39. The van der Waals surface area contributed by atoms with E-state index in [-0.39, 0.29) is 38.9 Å². The van der Waals surface area contributed by atoms with E-state index >= 15 is 0 Å². The molecule has 39 heavy (non-hydrogen) atoms. The summed E-state index contributed by atoms with van der Waals surface area (Å²) in [6.45, 7) is 5.60. The molecular weight excluding hydrogens is 557 g/mol. The number of carbonyl (C=O) groups is 2. The van der Waals surface area contributed by atoms with Crippen molar-refractivity contribution in [2.45, 2.75) is 67.9 Å². The van der Waals surface area contributed by atoms with Crippen molar-refractivity contribution >= 4 is 38.9 Å². The van der Waals surface area contributed by atoms with E-state index in [0.29, 0.717) is 31.5 Å². The van der Waals surface area contributed by atoms with Gasteiger partial charge in [-0.25, -0.2) is 21.6 Å². The van der Waals surface area contributed by atoms with Crippen LogP contribution in [0, 0.1) is 29.3 Å². The number of carbonyl (C=O) groups excluding carboxylic acids is 2. The van der Waals surface area contributed by atoms with Crippen molar-refractivity contribution in [1.29, 1.82) is 0 Å². The average Bonchev–Trinajstić information content (AvgIpc) is 3.19. The first-order chi connectivity index (χ1) is 18.2. The van der Waals surface area contributed by atoms with Crippen LogP contribution in [0.15, 0.2) is 35.2 Å². The van der Waals surface area contributed by atoms with Gasteiger partial charge in [-0.1, -0.05) is 11.6 Å². The third-order valence-electron chi connectivity index (χ3n) is 8.40. The van der Waals surface area contributed by atoms with Gasteiger partial charge in [-0.2, -0.15) is 0 Å². The number of nitrogens with zero attached hydrogens (tertiary/aromatic N) is 1. The highest BCUT2D eigenvalue weighted by Gasteiger charge is 2.64. The molecule has 5 rings (SSSR count). The SMILES string of the molecule is CC(=O)N1C[C@@]2(OC1(C)C)C1CC[C@H]2C[C@H](S(=O)(=O)c2cc(C(=O)Nc3cc(F)c(F)c(F)c3)ccc2Cl)C1. The van der Waals surface area contributed by atoms with Crippen molar-refractivity contribution in [3.8, 4) is 0 Å². The van der Waals surface area contributed by atoms with Crippen LogP contribution in [0.2, 0.25) is 5.02 Å². The number of benzene rings is 2. The second-order valence-electron chi connectivity index (χ2n) is 11.1. The first kappa shape index (κ1) is 27.9. The van der Waals surface area contributed by atoms with Gasteiger partial charge in [0.1, 0.15) is 5.72 Å². The summed E-state index contributed by atoms with van der Waals surface area (Å²) < 4.78 is 74.6. The highest BCUT2D eigenvalue weighted by Crippen LogP contribution is 2.58. The molecule has 1 aliphatic heterocycles. The zero-order valence-electron chi connectivity index (χ0n) is 21.6. The summed E-state index contributed by atoms with van der Waals surface area (Å²) in [7, 11) is -3.99. The van der Waals surface area contributed by atoms with E-state index in [2.05, 4.69) is 5.32 Å². The van der Waals surface area contributed by atoms with E-state index in [1.54, 1.807) is 4.90 Å². The minimum Gasteiger partial charge on any atom is -0.347 e. The van der Waals surface area contributed by atoms with Gasteiger partial charge >= 0.3 is 0 Å². The van der Waals surface area contributed by atoms with Crippen LogP contribution >= 0.6 is 11.6 Å². The van der Waals surface area contributed by atoms with Crippen LogP contribution in [0.5, 0.6) is 0 Å². The number of nitrogens with one attached hydrogen (secondary N) is 1. The molecule has 210 valence electrons. The zero-order chi connectivity index (χ0) is 28.5. The molecule has 3 fully saturated rings. The normalized spacial score (nSPS) is 27.7. The molecule has 2 amide bonds. The van der Waals surface area contributed by atoms with E-state index < -0.39 is 49.8 Å². The van der Waals surface area contributed by atoms with Crippen LogP contribution in [0.1, 0.15) is 56.8 Å². The quantitative estimate of drug-likeness (QED) is 0.491. The lowest BCUT2D eigenvalue weighted by Gasteiger charge is -2.43. The van der Waals surface area contributed by atoms with Gasteiger partial charge in [0.05, 0.1) is 27.3 Å². The Labute approximate surface area is 229 Å². The first-order valence-corrected chi connectivity index (χ1v) is 14.6. The maximum Gasteiger partial charge on any atom is 0.255 e. The van der Waals surface area contributed by atoms with Gasteiger partial charge in [0.25, 0.3) is 5.91 Å². The standard InChI is InChI=1S/C27H28ClF3N2O5S/c1-14(34)33-13-27(38-26(33,2)3)16-5-6-17(27)10-19(9-16)39(36,37)23-8-15(4-7-20(23)28)25(35)32-18-11-21(29)24(31)22(30)12-18/h4,7-8,11-12,16-17,19H,5-6,9-10,13H2,1-3H3,(H,32,35)/t16-,17?,19-,27-/m0/s1. The monoisotopic (exact) mass is 584 g/mol. The zero-order valence-corrected chi connectivity index (χ0v) is 23.1. The predicted octanol–water partition coefficient (Wildman–Crippen LogP) is 5.33. The fraction of sp³-hybridized carbons (Fsp3) is 0.481. The molecule has 12 heteroatoms. The van der Waals surface area contributed by atoms with Gasteiger partial charge in [-0.3, -0.25) is 9.59 Å². The lowest BCUT2D eigenvalue weighted by molar-refractivity contribution is -0.164. The Bertz CT molecular complexity index is 1440. The van der Waals surface area contributed by atoms with Crippen LogP contribution in [0.4, 0.5) is 18.9 Å². The van der Waals surface area contributed by atoms with Gasteiger partial charge in [-0.15, -0.1) is 0 Å². The largest absolute Gasteiger partial charge is 0.347 e. The second-order valence-corrected chi connectivity index (χ2v) is 13.7. The number of ether oxygens (including phenoxy) is 1. The van der Waals surface area contributed by atoms with Gasteiger partial charge in [0, 0.05) is 30.3 Å². The van der Waals surface area contributed by atoms with Crippen LogP contribution in [0.25, 0.3) is 0 Å². The second kappa shape index (κ2) is 9.49. The van der Waals surface area contributed by atoms with E-state index in [1.165, 1.54) is 19.1 Å². The number of amides is 2. The number of hydrogen-bond acceptors (Lipinski definition) is 5. The molecule has 1 N–H and O–H groups in total. The van der Waals surface area contributed by atoms with Gasteiger partial charge in [0.15, 0.2) is 27.3 Å². The molecule has 3 aliphatic rings. The fourth-order valence-electron chi connectivity index (χ4n) is 6.62. The number of rotatable bonds is 4. The summed E-state index contributed by atoms with van der Waals surface area (Å²) in [6, 6.07) is 4.95. The van der Waals surface area contributed by atoms with Crippen LogP contribution in [0.3, 0.4) is 0 Å². The summed E-state index contributed by atoms with van der Waals surface area (Å²) in [6.07, 6.45) is 2.20. The van der Waals surface area contributed by atoms with Crippen LogP contribution < -0.4 is 5.32 Å². The first-order valence-electron chi connectivity index (χ1n) is 12.6. The predicted molar refractivity (Wildman–Crippen MR) is 137 cm³/mol. The molecule has 2 bridgehead atoms.